The average Bonchev–Trinajstić information content (AvgIpc) is 2.75. The van der Waals surface area contributed by atoms with Crippen molar-refractivity contribution in [2.75, 3.05) is 5.75 Å². The fraction of sp³-hybridized carbons (Fsp3) is 0.375. The van der Waals surface area contributed by atoms with E-state index in [4.69, 9.17) is 16.3 Å². The molecule has 0 saturated heterocycles. The van der Waals surface area contributed by atoms with E-state index in [-0.39, 0.29) is 23.8 Å². The first-order chi connectivity index (χ1) is 15.1. The number of carbonyl (C=O) groups excluding carboxylic acids is 2. The van der Waals surface area contributed by atoms with Crippen LogP contribution in [0.5, 0.6) is 5.75 Å². The number of nitrogens with one attached hydrogen (secondary N) is 1. The van der Waals surface area contributed by atoms with Crippen LogP contribution in [0.3, 0.4) is 0 Å². The molecule has 1 N–H and O–H groups in total. The molecule has 1 aliphatic heterocycles. The number of rotatable bonds is 6. The van der Waals surface area contributed by atoms with E-state index in [0.717, 1.165) is 42.2 Å². The monoisotopic (exact) mass is 456 g/mol. The molecule has 0 unspecified atom stereocenters. The molecule has 2 aromatic carbocycles. The standard InChI is InChI=1S/C24H25ClN2O3S/c25-16-4-3-5-19(14-16)30-18-10-8-17(9-11-18)26-23(29)12-13-31-24-15-22(28)20-6-1-2-7-21(20)27-24/h1-7,14,17-18H,8-13,15H2,(H,26,29). The number of fused-ring (bicyclic) bond motifs is 1. The summed E-state index contributed by atoms with van der Waals surface area (Å²) >= 11 is 7.51. The van der Waals surface area contributed by atoms with E-state index in [1.54, 1.807) is 0 Å². The van der Waals surface area contributed by atoms with Gasteiger partial charge in [0, 0.05) is 28.8 Å². The number of halogens is 1. The minimum atomic E-state index is 0.0508. The van der Waals surface area contributed by atoms with Crippen LogP contribution in [-0.2, 0) is 4.79 Å². The van der Waals surface area contributed by atoms with Gasteiger partial charge in [-0.05, 0) is 56.0 Å². The number of carbonyl (C=O) groups is 2. The summed E-state index contributed by atoms with van der Waals surface area (Å²) in [5, 5.41) is 4.60. The molecule has 0 radical (unpaired) electrons. The number of amides is 1. The third-order valence-electron chi connectivity index (χ3n) is 5.50. The number of hydrogen-bond donors (Lipinski definition) is 1. The topological polar surface area (TPSA) is 67.8 Å². The summed E-state index contributed by atoms with van der Waals surface area (Å²) in [7, 11) is 0. The molecule has 1 aliphatic carbocycles. The van der Waals surface area contributed by atoms with Crippen LogP contribution in [0, 0.1) is 0 Å². The zero-order valence-corrected chi connectivity index (χ0v) is 18.8. The molecule has 162 valence electrons. The van der Waals surface area contributed by atoms with Crippen molar-refractivity contribution in [3.05, 3.63) is 59.1 Å². The first-order valence-corrected chi connectivity index (χ1v) is 12.0. The maximum Gasteiger partial charge on any atom is 0.221 e. The minimum absolute atomic E-state index is 0.0508. The second kappa shape index (κ2) is 10.3. The summed E-state index contributed by atoms with van der Waals surface area (Å²) in [6, 6.07) is 15.0. The Bertz CT molecular complexity index is 986. The van der Waals surface area contributed by atoms with Crippen molar-refractivity contribution in [3.63, 3.8) is 0 Å². The molecule has 1 heterocycles. The number of hydrogen-bond acceptors (Lipinski definition) is 5. The molecule has 0 atom stereocenters. The van der Waals surface area contributed by atoms with Gasteiger partial charge in [0.25, 0.3) is 0 Å². The van der Waals surface area contributed by atoms with Crippen molar-refractivity contribution in [1.29, 1.82) is 0 Å². The van der Waals surface area contributed by atoms with Gasteiger partial charge in [-0.2, -0.15) is 0 Å². The number of nitrogens with zero attached hydrogens (tertiary/aromatic N) is 1. The van der Waals surface area contributed by atoms with Crippen molar-refractivity contribution < 1.29 is 14.3 Å². The van der Waals surface area contributed by atoms with Gasteiger partial charge in [0.15, 0.2) is 5.78 Å². The van der Waals surface area contributed by atoms with E-state index in [9.17, 15) is 9.59 Å². The summed E-state index contributed by atoms with van der Waals surface area (Å²) in [5.74, 6) is 1.56. The SMILES string of the molecule is O=C(CCSC1=Nc2ccccc2C(=O)C1)NC1CCC(Oc2cccc(Cl)c2)CC1. The van der Waals surface area contributed by atoms with Crippen LogP contribution in [0.25, 0.3) is 0 Å². The molecule has 5 nitrogen and oxygen atoms in total. The molecule has 1 amide bonds. The van der Waals surface area contributed by atoms with Gasteiger partial charge in [-0.15, -0.1) is 11.8 Å². The van der Waals surface area contributed by atoms with Crippen molar-refractivity contribution in [2.24, 2.45) is 4.99 Å². The number of thioether (sulfide) groups is 1. The van der Waals surface area contributed by atoms with Crippen LogP contribution in [0.4, 0.5) is 5.69 Å². The van der Waals surface area contributed by atoms with E-state index >= 15 is 0 Å². The van der Waals surface area contributed by atoms with Gasteiger partial charge in [0.1, 0.15) is 5.75 Å². The second-order valence-corrected chi connectivity index (χ2v) is 9.44. The van der Waals surface area contributed by atoms with E-state index in [1.165, 1.54) is 11.8 Å². The number of Topliss-reactive ketones (excluding diaryl/α,β-unsaturated/α-hetero) is 1. The minimum Gasteiger partial charge on any atom is -0.490 e. The highest BCUT2D eigenvalue weighted by Gasteiger charge is 2.24. The fourth-order valence-corrected chi connectivity index (χ4v) is 5.02. The van der Waals surface area contributed by atoms with Gasteiger partial charge in [-0.25, -0.2) is 4.99 Å². The number of benzene rings is 2. The lowest BCUT2D eigenvalue weighted by molar-refractivity contribution is -0.121. The van der Waals surface area contributed by atoms with E-state index in [2.05, 4.69) is 10.3 Å². The Hall–Kier alpha value is -2.31. The summed E-state index contributed by atoms with van der Waals surface area (Å²) in [4.78, 5) is 29.1. The molecule has 1 fully saturated rings. The zero-order valence-electron chi connectivity index (χ0n) is 17.2. The van der Waals surface area contributed by atoms with E-state index in [1.807, 2.05) is 48.5 Å². The summed E-state index contributed by atoms with van der Waals surface area (Å²) in [5.41, 5.74) is 1.40. The highest BCUT2D eigenvalue weighted by Crippen LogP contribution is 2.29. The number of ketones is 1. The fourth-order valence-electron chi connectivity index (χ4n) is 3.92. The van der Waals surface area contributed by atoms with Gasteiger partial charge in [0.05, 0.1) is 23.3 Å². The average molecular weight is 457 g/mol. The normalized spacial score (nSPS) is 20.5. The van der Waals surface area contributed by atoms with Crippen LogP contribution in [-0.4, -0.2) is 34.6 Å². The molecule has 0 bridgehead atoms. The van der Waals surface area contributed by atoms with Crippen molar-refractivity contribution in [2.45, 2.75) is 50.7 Å². The molecule has 2 aliphatic rings. The van der Waals surface area contributed by atoms with Crippen LogP contribution in [0.15, 0.2) is 53.5 Å². The molecular weight excluding hydrogens is 432 g/mol. The highest BCUT2D eigenvalue weighted by atomic mass is 35.5. The third kappa shape index (κ3) is 6.11. The van der Waals surface area contributed by atoms with E-state index < -0.39 is 0 Å². The van der Waals surface area contributed by atoms with Crippen LogP contribution >= 0.6 is 23.4 Å². The molecule has 7 heteroatoms. The molecular formula is C24H25ClN2O3S. The summed E-state index contributed by atoms with van der Waals surface area (Å²) in [6.45, 7) is 0. The van der Waals surface area contributed by atoms with Crippen LogP contribution < -0.4 is 10.1 Å². The quantitative estimate of drug-likeness (QED) is 0.615. The van der Waals surface area contributed by atoms with Crippen LogP contribution in [0.2, 0.25) is 5.02 Å². The smallest absolute Gasteiger partial charge is 0.221 e. The summed E-state index contributed by atoms with van der Waals surface area (Å²) < 4.78 is 6.01. The predicted octanol–water partition coefficient (Wildman–Crippen LogP) is 5.59. The Morgan fingerprint density at radius 2 is 1.94 bits per heavy atom. The van der Waals surface area contributed by atoms with Gasteiger partial charge >= 0.3 is 0 Å². The molecule has 0 aromatic heterocycles. The Morgan fingerprint density at radius 1 is 1.13 bits per heavy atom. The van der Waals surface area contributed by atoms with Crippen molar-refractivity contribution >= 4 is 45.8 Å². The Balaban J connectivity index is 1.17. The predicted molar refractivity (Wildman–Crippen MR) is 126 cm³/mol. The van der Waals surface area contributed by atoms with Gasteiger partial charge in [0.2, 0.25) is 5.91 Å². The van der Waals surface area contributed by atoms with Gasteiger partial charge in [-0.1, -0.05) is 29.8 Å². The van der Waals surface area contributed by atoms with E-state index in [0.29, 0.717) is 29.2 Å². The Kier molecular flexibility index (Phi) is 7.30. The Labute approximate surface area is 191 Å². The maximum absolute atomic E-state index is 12.3. The first-order valence-electron chi connectivity index (χ1n) is 10.6. The Morgan fingerprint density at radius 3 is 2.74 bits per heavy atom. The molecule has 2 aromatic rings. The van der Waals surface area contributed by atoms with Crippen molar-refractivity contribution in [1.82, 2.24) is 5.32 Å². The number of aliphatic imine (C=N–C) groups is 1. The third-order valence-corrected chi connectivity index (χ3v) is 6.71. The summed E-state index contributed by atoms with van der Waals surface area (Å²) in [6.07, 6.45) is 4.52. The van der Waals surface area contributed by atoms with Gasteiger partial charge in [-0.3, -0.25) is 9.59 Å². The zero-order chi connectivity index (χ0) is 21.6. The molecule has 4 rings (SSSR count). The second-order valence-electron chi connectivity index (χ2n) is 7.84. The highest BCUT2D eigenvalue weighted by molar-refractivity contribution is 8.14. The molecule has 0 spiro atoms. The maximum atomic E-state index is 12.3. The number of para-hydroxylation sites is 1. The van der Waals surface area contributed by atoms with Crippen molar-refractivity contribution in [3.8, 4) is 5.75 Å². The lowest BCUT2D eigenvalue weighted by atomic mass is 9.93. The lowest BCUT2D eigenvalue weighted by Crippen LogP contribution is -2.39. The first kappa shape index (κ1) is 21.9. The lowest BCUT2D eigenvalue weighted by Gasteiger charge is -2.29. The van der Waals surface area contributed by atoms with Crippen LogP contribution in [0.1, 0.15) is 48.9 Å². The largest absolute Gasteiger partial charge is 0.490 e. The molecule has 1 saturated carbocycles. The molecule has 31 heavy (non-hydrogen) atoms. The number of ether oxygens (including phenoxy) is 1. The van der Waals surface area contributed by atoms with Gasteiger partial charge < -0.3 is 10.1 Å².